The summed E-state index contributed by atoms with van der Waals surface area (Å²) in [5, 5.41) is 8.07. The monoisotopic (exact) mass is 512 g/mol. The maximum atomic E-state index is 12.7. The Hall–Kier alpha value is -3.66. The van der Waals surface area contributed by atoms with Crippen LogP contribution in [-0.2, 0) is 11.3 Å². The van der Waals surface area contributed by atoms with Gasteiger partial charge >= 0.3 is 5.97 Å². The molecule has 9 nitrogen and oxygen atoms in total. The van der Waals surface area contributed by atoms with E-state index >= 15 is 0 Å². The first kappa shape index (κ1) is 22.5. The average molecular weight is 513 g/mol. The number of hydrogen-bond acceptors (Lipinski definition) is 8. The first-order valence-corrected chi connectivity index (χ1v) is 10.7. The van der Waals surface area contributed by atoms with E-state index in [1.807, 2.05) is 24.3 Å². The van der Waals surface area contributed by atoms with E-state index < -0.39 is 5.97 Å². The van der Waals surface area contributed by atoms with Crippen molar-refractivity contribution in [3.63, 3.8) is 0 Å². The van der Waals surface area contributed by atoms with E-state index in [1.165, 1.54) is 0 Å². The number of aromatic nitrogens is 4. The van der Waals surface area contributed by atoms with Crippen LogP contribution in [0.1, 0.15) is 27.6 Å². The number of benzene rings is 2. The second-order valence-corrected chi connectivity index (χ2v) is 7.99. The zero-order valence-electron chi connectivity index (χ0n) is 18.5. The maximum absolute atomic E-state index is 12.7. The van der Waals surface area contributed by atoms with Crippen LogP contribution in [0.3, 0.4) is 0 Å². The van der Waals surface area contributed by atoms with E-state index in [0.717, 1.165) is 10.2 Å². The van der Waals surface area contributed by atoms with Crippen LogP contribution in [0.2, 0.25) is 0 Å². The third-order valence-electron chi connectivity index (χ3n) is 5.03. The van der Waals surface area contributed by atoms with Gasteiger partial charge in [0.15, 0.2) is 5.69 Å². The van der Waals surface area contributed by atoms with Crippen molar-refractivity contribution >= 4 is 21.9 Å². The Balaban J connectivity index is 1.50. The minimum atomic E-state index is -0.596. The number of ether oxygens (including phenoxy) is 3. The van der Waals surface area contributed by atoms with E-state index in [-0.39, 0.29) is 12.3 Å². The van der Waals surface area contributed by atoms with Gasteiger partial charge in [-0.25, -0.2) is 14.5 Å². The van der Waals surface area contributed by atoms with Crippen LogP contribution in [0.4, 0.5) is 0 Å². The predicted octanol–water partition coefficient (Wildman–Crippen LogP) is 4.68. The number of oxazole rings is 1. The number of hydrogen-bond donors (Lipinski definition) is 0. The highest BCUT2D eigenvalue weighted by atomic mass is 79.9. The smallest absolute Gasteiger partial charge is 0.361 e. The Labute approximate surface area is 198 Å². The molecule has 0 bridgehead atoms. The highest BCUT2D eigenvalue weighted by Crippen LogP contribution is 2.33. The van der Waals surface area contributed by atoms with Crippen LogP contribution in [0, 0.1) is 13.8 Å². The fraction of sp³-hybridized carbons (Fsp3) is 0.217. The zero-order chi connectivity index (χ0) is 23.5. The van der Waals surface area contributed by atoms with E-state index in [1.54, 1.807) is 50.9 Å². The third-order valence-corrected chi connectivity index (χ3v) is 5.56. The molecule has 0 atom stereocenters. The number of halogens is 1. The fourth-order valence-electron chi connectivity index (χ4n) is 3.20. The summed E-state index contributed by atoms with van der Waals surface area (Å²) in [4.78, 5) is 17.1. The first-order chi connectivity index (χ1) is 15.9. The lowest BCUT2D eigenvalue weighted by Crippen LogP contribution is -2.09. The summed E-state index contributed by atoms with van der Waals surface area (Å²) in [7, 11) is 3.13. The number of nitrogens with zero attached hydrogens (tertiary/aromatic N) is 4. The molecular formula is C23H21BrN4O5. The van der Waals surface area contributed by atoms with Crippen molar-refractivity contribution in [2.45, 2.75) is 20.5 Å². The van der Waals surface area contributed by atoms with Gasteiger partial charge < -0.3 is 18.6 Å². The average Bonchev–Trinajstić information content (AvgIpc) is 3.39. The lowest BCUT2D eigenvalue weighted by atomic mass is 10.2. The quantitative estimate of drug-likeness (QED) is 0.329. The molecule has 4 aromatic rings. The van der Waals surface area contributed by atoms with Crippen molar-refractivity contribution < 1.29 is 23.4 Å². The van der Waals surface area contributed by atoms with Crippen molar-refractivity contribution in [1.82, 2.24) is 20.0 Å². The maximum Gasteiger partial charge on any atom is 0.361 e. The molecule has 0 aliphatic heterocycles. The number of aryl methyl sites for hydroxylation is 1. The molecule has 2 aromatic heterocycles. The van der Waals surface area contributed by atoms with Gasteiger partial charge in [0.1, 0.15) is 29.6 Å². The molecule has 0 aliphatic rings. The minimum absolute atomic E-state index is 0.0722. The van der Waals surface area contributed by atoms with Crippen molar-refractivity contribution in [3.05, 3.63) is 69.8 Å². The van der Waals surface area contributed by atoms with Gasteiger partial charge in [0.25, 0.3) is 0 Å². The van der Waals surface area contributed by atoms with Crippen LogP contribution in [0.15, 0.2) is 51.4 Å². The molecule has 0 radical (unpaired) electrons. The molecule has 2 heterocycles. The number of esters is 1. The topological polar surface area (TPSA) is 102 Å². The molecule has 0 spiro atoms. The molecular weight excluding hydrogens is 492 g/mol. The lowest BCUT2D eigenvalue weighted by Gasteiger charge is -2.07. The Morgan fingerprint density at radius 1 is 1.09 bits per heavy atom. The summed E-state index contributed by atoms with van der Waals surface area (Å²) in [5.74, 6) is 1.50. The Bertz CT molecular complexity index is 1300. The van der Waals surface area contributed by atoms with E-state index in [0.29, 0.717) is 40.1 Å². The first-order valence-electron chi connectivity index (χ1n) is 9.95. The van der Waals surface area contributed by atoms with Crippen molar-refractivity contribution in [2.24, 2.45) is 0 Å². The van der Waals surface area contributed by atoms with Crippen LogP contribution >= 0.6 is 15.9 Å². The second kappa shape index (κ2) is 9.45. The van der Waals surface area contributed by atoms with Gasteiger partial charge in [-0.2, -0.15) is 0 Å². The van der Waals surface area contributed by atoms with Crippen LogP contribution in [0.25, 0.3) is 17.1 Å². The molecule has 4 rings (SSSR count). The summed E-state index contributed by atoms with van der Waals surface area (Å²) in [6.07, 6.45) is 0. The summed E-state index contributed by atoms with van der Waals surface area (Å²) in [5.41, 5.74) is 2.65. The minimum Gasteiger partial charge on any atom is -0.497 e. The summed E-state index contributed by atoms with van der Waals surface area (Å²) < 4.78 is 24.4. The van der Waals surface area contributed by atoms with E-state index in [2.05, 4.69) is 31.2 Å². The summed E-state index contributed by atoms with van der Waals surface area (Å²) in [6.45, 7) is 3.44. The molecule has 0 aliphatic carbocycles. The number of methoxy groups -OCH3 is 2. The molecule has 2 aromatic carbocycles. The number of rotatable bonds is 7. The molecule has 170 valence electrons. The molecule has 0 fully saturated rings. The van der Waals surface area contributed by atoms with Gasteiger partial charge in [-0.15, -0.1) is 5.10 Å². The van der Waals surface area contributed by atoms with Gasteiger partial charge in [-0.3, -0.25) is 0 Å². The number of carbonyl (C=O) groups excluding carboxylic acids is 1. The van der Waals surface area contributed by atoms with Gasteiger partial charge in [0, 0.05) is 10.5 Å². The van der Waals surface area contributed by atoms with Crippen LogP contribution in [-0.4, -0.2) is 40.2 Å². The second-order valence-electron chi connectivity index (χ2n) is 7.08. The summed E-state index contributed by atoms with van der Waals surface area (Å²) in [6, 6.07) is 12.8. The largest absolute Gasteiger partial charge is 0.497 e. The van der Waals surface area contributed by atoms with Crippen molar-refractivity contribution in [2.75, 3.05) is 14.2 Å². The highest BCUT2D eigenvalue weighted by molar-refractivity contribution is 9.10. The zero-order valence-corrected chi connectivity index (χ0v) is 20.0. The summed E-state index contributed by atoms with van der Waals surface area (Å²) >= 11 is 3.40. The molecule has 0 unspecified atom stereocenters. The SMILES string of the molecule is COc1ccc(-c2nc(COC(=O)c3nnn(-c4ccc(Br)cc4)c3C)c(C)o2)c(OC)c1. The third kappa shape index (κ3) is 4.61. The molecule has 10 heteroatoms. The lowest BCUT2D eigenvalue weighted by molar-refractivity contribution is 0.0459. The van der Waals surface area contributed by atoms with E-state index in [4.69, 9.17) is 18.6 Å². The van der Waals surface area contributed by atoms with Gasteiger partial charge in [-0.1, -0.05) is 21.1 Å². The molecule has 33 heavy (non-hydrogen) atoms. The molecule has 0 saturated heterocycles. The normalized spacial score (nSPS) is 10.8. The van der Waals surface area contributed by atoms with Gasteiger partial charge in [0.05, 0.1) is 31.2 Å². The Kier molecular flexibility index (Phi) is 6.45. The van der Waals surface area contributed by atoms with Crippen LogP contribution in [0.5, 0.6) is 11.5 Å². The number of carbonyl (C=O) groups is 1. The molecule has 0 saturated carbocycles. The molecule has 0 amide bonds. The van der Waals surface area contributed by atoms with Gasteiger partial charge in [-0.05, 0) is 50.2 Å². The highest BCUT2D eigenvalue weighted by Gasteiger charge is 2.21. The van der Waals surface area contributed by atoms with Crippen molar-refractivity contribution in [3.8, 4) is 28.6 Å². The van der Waals surface area contributed by atoms with E-state index in [9.17, 15) is 4.79 Å². The predicted molar refractivity (Wildman–Crippen MR) is 123 cm³/mol. The standard InChI is InChI=1S/C23H21BrN4O5/c1-13-21(26-27-28(13)16-7-5-15(24)6-8-16)23(29)32-12-19-14(2)33-22(25-19)18-10-9-17(30-3)11-20(18)31-4/h5-11H,12H2,1-4H3. The molecule has 0 N–H and O–H groups in total. The Morgan fingerprint density at radius 3 is 2.55 bits per heavy atom. The fourth-order valence-corrected chi connectivity index (χ4v) is 3.46. The van der Waals surface area contributed by atoms with Crippen molar-refractivity contribution in [1.29, 1.82) is 0 Å². The van der Waals surface area contributed by atoms with Gasteiger partial charge in [0.2, 0.25) is 5.89 Å². The Morgan fingerprint density at radius 2 is 1.85 bits per heavy atom. The van der Waals surface area contributed by atoms with Crippen LogP contribution < -0.4 is 9.47 Å².